The van der Waals surface area contributed by atoms with Gasteiger partial charge in [-0.25, -0.2) is 9.59 Å². The van der Waals surface area contributed by atoms with Gasteiger partial charge in [-0.15, -0.1) is 0 Å². The second-order valence-electron chi connectivity index (χ2n) is 6.11. The van der Waals surface area contributed by atoms with Crippen LogP contribution in [0.15, 0.2) is 56.1 Å². The third-order valence-electron chi connectivity index (χ3n) is 4.49. The van der Waals surface area contributed by atoms with Crippen molar-refractivity contribution in [2.45, 2.75) is 25.7 Å². The summed E-state index contributed by atoms with van der Waals surface area (Å²) in [6.45, 7) is 0. The fourth-order valence-electron chi connectivity index (χ4n) is 3.24. The molecule has 0 bridgehead atoms. The van der Waals surface area contributed by atoms with E-state index in [1.165, 1.54) is 0 Å². The van der Waals surface area contributed by atoms with Crippen molar-refractivity contribution in [1.82, 2.24) is 0 Å². The van der Waals surface area contributed by atoms with E-state index in [0.29, 0.717) is 16.9 Å². The predicted molar refractivity (Wildman–Crippen MR) is 98.2 cm³/mol. The molecule has 1 heterocycles. The first kappa shape index (κ1) is 16.1. The molecule has 4 nitrogen and oxygen atoms in total. The molecule has 1 aliphatic rings. The molecule has 0 N–H and O–H groups in total. The van der Waals surface area contributed by atoms with Crippen molar-refractivity contribution in [3.8, 4) is 5.75 Å². The van der Waals surface area contributed by atoms with E-state index in [1.807, 2.05) is 6.07 Å². The quantitative estimate of drug-likeness (QED) is 0.358. The van der Waals surface area contributed by atoms with Gasteiger partial charge in [0, 0.05) is 21.5 Å². The topological polar surface area (TPSA) is 56.5 Å². The fourth-order valence-corrected chi connectivity index (χ4v) is 3.51. The standard InChI is InChI=1S/C20H15BrO4/c21-13-7-5-12(6-8-13)19(22)24-14-9-10-16-15-3-1-2-4-17(15)20(23)25-18(16)11-14/h5-11H,1-4H2. The summed E-state index contributed by atoms with van der Waals surface area (Å²) in [6, 6.07) is 12.2. The first-order valence-electron chi connectivity index (χ1n) is 8.18. The van der Waals surface area contributed by atoms with Gasteiger partial charge in [-0.1, -0.05) is 15.9 Å². The fraction of sp³-hybridized carbons (Fsp3) is 0.200. The maximum absolute atomic E-state index is 12.2. The normalized spacial score (nSPS) is 13.5. The third-order valence-corrected chi connectivity index (χ3v) is 5.01. The zero-order valence-corrected chi connectivity index (χ0v) is 15.0. The molecule has 1 aromatic heterocycles. The number of esters is 1. The van der Waals surface area contributed by atoms with Crippen LogP contribution in [0.1, 0.15) is 34.3 Å². The molecule has 0 aliphatic heterocycles. The van der Waals surface area contributed by atoms with Crippen LogP contribution < -0.4 is 10.4 Å². The monoisotopic (exact) mass is 398 g/mol. The van der Waals surface area contributed by atoms with Crippen LogP contribution in [0.3, 0.4) is 0 Å². The summed E-state index contributed by atoms with van der Waals surface area (Å²) >= 11 is 3.33. The Morgan fingerprint density at radius 3 is 2.48 bits per heavy atom. The van der Waals surface area contributed by atoms with E-state index in [9.17, 15) is 9.59 Å². The van der Waals surface area contributed by atoms with Gasteiger partial charge >= 0.3 is 11.6 Å². The Bertz CT molecular complexity index is 1020. The van der Waals surface area contributed by atoms with Crippen LogP contribution in [0.4, 0.5) is 0 Å². The van der Waals surface area contributed by atoms with E-state index in [4.69, 9.17) is 9.15 Å². The van der Waals surface area contributed by atoms with Crippen LogP contribution in [0.2, 0.25) is 0 Å². The summed E-state index contributed by atoms with van der Waals surface area (Å²) in [6.07, 6.45) is 3.75. The van der Waals surface area contributed by atoms with Crippen molar-refractivity contribution in [2.24, 2.45) is 0 Å². The molecule has 126 valence electrons. The van der Waals surface area contributed by atoms with E-state index >= 15 is 0 Å². The van der Waals surface area contributed by atoms with Crippen LogP contribution in [-0.4, -0.2) is 5.97 Å². The average molecular weight is 399 g/mol. The van der Waals surface area contributed by atoms with E-state index in [0.717, 1.165) is 46.7 Å². The van der Waals surface area contributed by atoms with E-state index in [2.05, 4.69) is 15.9 Å². The first-order valence-corrected chi connectivity index (χ1v) is 8.97. The summed E-state index contributed by atoms with van der Waals surface area (Å²) in [5.74, 6) is -0.0912. The van der Waals surface area contributed by atoms with E-state index < -0.39 is 5.97 Å². The highest BCUT2D eigenvalue weighted by atomic mass is 79.9. The molecule has 1 aliphatic carbocycles. The average Bonchev–Trinajstić information content (AvgIpc) is 2.62. The molecule has 0 fully saturated rings. The molecular formula is C20H15BrO4. The smallest absolute Gasteiger partial charge is 0.343 e. The molecule has 0 amide bonds. The molecule has 25 heavy (non-hydrogen) atoms. The summed E-state index contributed by atoms with van der Waals surface area (Å²) in [5, 5.41) is 0.928. The Kier molecular flexibility index (Phi) is 4.17. The molecule has 0 radical (unpaired) electrons. The van der Waals surface area contributed by atoms with Gasteiger partial charge in [-0.3, -0.25) is 0 Å². The summed E-state index contributed by atoms with van der Waals surface area (Å²) in [7, 11) is 0. The van der Waals surface area contributed by atoms with Crippen molar-refractivity contribution in [1.29, 1.82) is 0 Å². The Morgan fingerprint density at radius 1 is 1.00 bits per heavy atom. The minimum Gasteiger partial charge on any atom is -0.423 e. The van der Waals surface area contributed by atoms with Crippen LogP contribution in [0.25, 0.3) is 11.0 Å². The highest BCUT2D eigenvalue weighted by molar-refractivity contribution is 9.10. The number of rotatable bonds is 2. The van der Waals surface area contributed by atoms with Gasteiger partial charge in [0.2, 0.25) is 0 Å². The van der Waals surface area contributed by atoms with Crippen molar-refractivity contribution in [2.75, 3.05) is 0 Å². The Balaban J connectivity index is 1.68. The summed E-state index contributed by atoms with van der Waals surface area (Å²) in [4.78, 5) is 24.4. The number of hydrogen-bond acceptors (Lipinski definition) is 4. The molecule has 0 spiro atoms. The molecule has 0 unspecified atom stereocenters. The largest absolute Gasteiger partial charge is 0.423 e. The van der Waals surface area contributed by atoms with Crippen molar-refractivity contribution in [3.63, 3.8) is 0 Å². The second kappa shape index (κ2) is 6.48. The highest BCUT2D eigenvalue weighted by Gasteiger charge is 2.18. The molecule has 0 saturated carbocycles. The Morgan fingerprint density at radius 2 is 1.72 bits per heavy atom. The van der Waals surface area contributed by atoms with Crippen molar-refractivity contribution < 1.29 is 13.9 Å². The number of carbonyl (C=O) groups excluding carboxylic acids is 1. The van der Waals surface area contributed by atoms with Gasteiger partial charge in [0.25, 0.3) is 0 Å². The lowest BCUT2D eigenvalue weighted by Gasteiger charge is -2.16. The molecule has 0 saturated heterocycles. The number of halogens is 1. The lowest BCUT2D eigenvalue weighted by Crippen LogP contribution is -2.15. The Labute approximate surface area is 152 Å². The van der Waals surface area contributed by atoms with Gasteiger partial charge in [-0.05, 0) is 67.6 Å². The van der Waals surface area contributed by atoms with Crippen molar-refractivity contribution >= 4 is 32.9 Å². The van der Waals surface area contributed by atoms with Gasteiger partial charge in [0.1, 0.15) is 11.3 Å². The number of carbonyl (C=O) groups is 1. The van der Waals surface area contributed by atoms with Gasteiger partial charge < -0.3 is 9.15 Å². The minimum absolute atomic E-state index is 0.279. The number of fused-ring (bicyclic) bond motifs is 3. The number of hydrogen-bond donors (Lipinski definition) is 0. The second-order valence-corrected chi connectivity index (χ2v) is 7.02. The van der Waals surface area contributed by atoms with Crippen LogP contribution in [0, 0.1) is 0 Å². The SMILES string of the molecule is O=C(Oc1ccc2c3c(c(=O)oc2c1)CCCC3)c1ccc(Br)cc1. The molecule has 4 rings (SSSR count). The molecule has 3 aromatic rings. The lowest BCUT2D eigenvalue weighted by molar-refractivity contribution is 0.0735. The van der Waals surface area contributed by atoms with Crippen LogP contribution >= 0.6 is 15.9 Å². The summed E-state index contributed by atoms with van der Waals surface area (Å²) in [5.41, 5.74) is 2.50. The minimum atomic E-state index is -0.452. The maximum atomic E-state index is 12.2. The van der Waals surface area contributed by atoms with Gasteiger partial charge in [-0.2, -0.15) is 0 Å². The van der Waals surface area contributed by atoms with Crippen molar-refractivity contribution in [3.05, 3.63) is 74.0 Å². The number of aryl methyl sites for hydroxylation is 1. The number of ether oxygens (including phenoxy) is 1. The van der Waals surface area contributed by atoms with Gasteiger partial charge in [0.15, 0.2) is 0 Å². The van der Waals surface area contributed by atoms with E-state index in [1.54, 1.807) is 36.4 Å². The van der Waals surface area contributed by atoms with E-state index in [-0.39, 0.29) is 5.63 Å². The number of benzene rings is 2. The molecule has 2 aromatic carbocycles. The molecular weight excluding hydrogens is 384 g/mol. The zero-order valence-electron chi connectivity index (χ0n) is 13.4. The first-order chi connectivity index (χ1) is 12.1. The highest BCUT2D eigenvalue weighted by Crippen LogP contribution is 2.29. The molecule has 0 atom stereocenters. The summed E-state index contributed by atoms with van der Waals surface area (Å²) < 4.78 is 11.8. The lowest BCUT2D eigenvalue weighted by atomic mass is 9.91. The van der Waals surface area contributed by atoms with Gasteiger partial charge in [0.05, 0.1) is 5.56 Å². The predicted octanol–water partition coefficient (Wildman–Crippen LogP) is 4.65. The third kappa shape index (κ3) is 3.12. The van der Waals surface area contributed by atoms with Crippen LogP contribution in [0.5, 0.6) is 5.75 Å². The zero-order chi connectivity index (χ0) is 17.4. The molecule has 5 heteroatoms. The van der Waals surface area contributed by atoms with Crippen LogP contribution in [-0.2, 0) is 12.8 Å². The Hall–Kier alpha value is -2.40. The maximum Gasteiger partial charge on any atom is 0.343 e.